The van der Waals surface area contributed by atoms with Gasteiger partial charge in [-0.25, -0.2) is 4.98 Å². The quantitative estimate of drug-likeness (QED) is 0.476. The minimum atomic E-state index is -2.76. The fourth-order valence-corrected chi connectivity index (χ4v) is 4.55. The first-order chi connectivity index (χ1) is 11.0. The summed E-state index contributed by atoms with van der Waals surface area (Å²) in [4.78, 5) is 4.73. The van der Waals surface area contributed by atoms with Crippen LogP contribution < -0.4 is 4.52 Å². The molecule has 2 aromatic rings. The first-order valence-corrected chi connectivity index (χ1v) is 10.4. The molecule has 4 nitrogen and oxygen atoms in total. The molecule has 0 atom stereocenters. The molecule has 23 heavy (non-hydrogen) atoms. The van der Waals surface area contributed by atoms with Crippen molar-refractivity contribution in [2.24, 2.45) is 0 Å². The molecule has 0 bridgehead atoms. The van der Waals surface area contributed by atoms with E-state index in [1.165, 1.54) is 17.8 Å². The maximum absolute atomic E-state index is 13.1. The van der Waals surface area contributed by atoms with Gasteiger partial charge in [0.1, 0.15) is 10.8 Å². The fourth-order valence-electron chi connectivity index (χ4n) is 1.67. The third-order valence-corrected chi connectivity index (χ3v) is 5.91. The number of pyridine rings is 1. The van der Waals surface area contributed by atoms with Crippen LogP contribution in [0.2, 0.25) is 0 Å². The highest BCUT2D eigenvalue weighted by Gasteiger charge is 2.21. The van der Waals surface area contributed by atoms with E-state index in [0.29, 0.717) is 24.0 Å². The normalized spacial score (nSPS) is 11.4. The van der Waals surface area contributed by atoms with Crippen LogP contribution in [0.5, 0.6) is 5.75 Å². The van der Waals surface area contributed by atoms with Crippen molar-refractivity contribution in [2.75, 3.05) is 13.2 Å². The minimum Gasteiger partial charge on any atom is -0.424 e. The Morgan fingerprint density at radius 3 is 2.30 bits per heavy atom. The smallest absolute Gasteiger partial charge is 0.380 e. The molecule has 0 saturated heterocycles. The highest BCUT2D eigenvalue weighted by molar-refractivity contribution is 8.07. The van der Waals surface area contributed by atoms with Crippen LogP contribution in [0.4, 0.5) is 4.39 Å². The van der Waals surface area contributed by atoms with Crippen LogP contribution >= 0.6 is 18.5 Å². The first-order valence-electron chi connectivity index (χ1n) is 7.04. The minimum absolute atomic E-state index is 0.427. The van der Waals surface area contributed by atoms with E-state index in [0.717, 1.165) is 4.90 Å². The summed E-state index contributed by atoms with van der Waals surface area (Å²) in [5, 5.41) is 0.590. The zero-order chi connectivity index (χ0) is 16.7. The molecule has 1 aromatic heterocycles. The third kappa shape index (κ3) is 5.86. The average Bonchev–Trinajstić information content (AvgIpc) is 2.50. The van der Waals surface area contributed by atoms with E-state index < -0.39 is 12.7 Å². The number of nitrogens with zero attached hydrogens (tertiary/aromatic N) is 1. The molecule has 0 amide bonds. The zero-order valence-electron chi connectivity index (χ0n) is 12.8. The van der Waals surface area contributed by atoms with Gasteiger partial charge in [0.05, 0.1) is 13.2 Å². The van der Waals surface area contributed by atoms with E-state index in [1.54, 1.807) is 24.3 Å². The molecule has 0 radical (unpaired) electrons. The Morgan fingerprint density at radius 1 is 1.09 bits per heavy atom. The molecule has 0 unspecified atom stereocenters. The van der Waals surface area contributed by atoms with Gasteiger partial charge in [0.15, 0.2) is 0 Å². The Labute approximate surface area is 144 Å². The molecular weight excluding hydrogens is 356 g/mol. The second-order valence-corrected chi connectivity index (χ2v) is 8.27. The predicted molar refractivity (Wildman–Crippen MR) is 92.9 cm³/mol. The lowest BCUT2D eigenvalue weighted by atomic mass is 10.3. The van der Waals surface area contributed by atoms with Gasteiger partial charge in [-0.2, -0.15) is 4.39 Å². The van der Waals surface area contributed by atoms with Gasteiger partial charge < -0.3 is 4.52 Å². The topological polar surface area (TPSA) is 40.6 Å². The molecule has 1 aromatic carbocycles. The van der Waals surface area contributed by atoms with Gasteiger partial charge >= 0.3 is 6.72 Å². The molecule has 0 fully saturated rings. The van der Waals surface area contributed by atoms with Gasteiger partial charge in [-0.3, -0.25) is 9.05 Å². The van der Waals surface area contributed by atoms with Crippen molar-refractivity contribution < 1.29 is 18.0 Å². The monoisotopic (exact) mass is 373 g/mol. The van der Waals surface area contributed by atoms with E-state index in [4.69, 9.17) is 25.4 Å². The van der Waals surface area contributed by atoms with Crippen LogP contribution in [0.25, 0.3) is 0 Å². The Bertz CT molecular complexity index is 675. The second-order valence-electron chi connectivity index (χ2n) is 4.25. The molecule has 2 rings (SSSR count). The molecule has 124 valence electrons. The summed E-state index contributed by atoms with van der Waals surface area (Å²) in [7, 11) is 0. The lowest BCUT2D eigenvalue weighted by Gasteiger charge is -2.21. The lowest BCUT2D eigenvalue weighted by molar-refractivity contribution is 0.218. The Hall–Kier alpha value is -0.980. The van der Waals surface area contributed by atoms with Crippen LogP contribution in [-0.4, -0.2) is 18.2 Å². The van der Waals surface area contributed by atoms with Gasteiger partial charge in [-0.05, 0) is 50.2 Å². The SMILES string of the molecule is CCOP(=S)(OCC)Oc1ccc(Sc2cccc(F)n2)cc1. The number of rotatable bonds is 8. The molecule has 0 aliphatic carbocycles. The van der Waals surface area contributed by atoms with Gasteiger partial charge in [0.2, 0.25) is 5.95 Å². The summed E-state index contributed by atoms with van der Waals surface area (Å²) >= 11 is 6.68. The highest BCUT2D eigenvalue weighted by Crippen LogP contribution is 2.49. The van der Waals surface area contributed by atoms with Gasteiger partial charge in [0, 0.05) is 16.7 Å². The van der Waals surface area contributed by atoms with Crippen LogP contribution in [0.15, 0.2) is 52.4 Å². The summed E-state index contributed by atoms with van der Waals surface area (Å²) in [6.07, 6.45) is 0. The van der Waals surface area contributed by atoms with Crippen LogP contribution in [0.1, 0.15) is 13.8 Å². The molecule has 0 aliphatic rings. The van der Waals surface area contributed by atoms with E-state index in [-0.39, 0.29) is 0 Å². The van der Waals surface area contributed by atoms with Crippen molar-refractivity contribution in [3.8, 4) is 5.75 Å². The number of hydrogen-bond donors (Lipinski definition) is 0. The predicted octanol–water partition coefficient (Wildman–Crippen LogP) is 5.05. The molecule has 0 N–H and O–H groups in total. The summed E-state index contributed by atoms with van der Waals surface area (Å²) in [6, 6.07) is 12.0. The van der Waals surface area contributed by atoms with E-state index in [1.807, 2.05) is 26.0 Å². The maximum atomic E-state index is 13.1. The molecule has 0 saturated carbocycles. The molecular formula is C15H17FNO3PS2. The third-order valence-electron chi connectivity index (χ3n) is 2.53. The molecule has 0 spiro atoms. The van der Waals surface area contributed by atoms with Gasteiger partial charge in [0.25, 0.3) is 0 Å². The Morgan fingerprint density at radius 2 is 1.74 bits per heavy atom. The molecule has 1 heterocycles. The summed E-state index contributed by atoms with van der Waals surface area (Å²) in [6.45, 7) is 1.77. The summed E-state index contributed by atoms with van der Waals surface area (Å²) < 4.78 is 29.7. The summed E-state index contributed by atoms with van der Waals surface area (Å²) in [5.41, 5.74) is 0. The van der Waals surface area contributed by atoms with Crippen LogP contribution in [-0.2, 0) is 20.9 Å². The lowest BCUT2D eigenvalue weighted by Crippen LogP contribution is -2.01. The van der Waals surface area contributed by atoms with Crippen molar-refractivity contribution >= 4 is 30.3 Å². The maximum Gasteiger partial charge on any atom is 0.380 e. The summed E-state index contributed by atoms with van der Waals surface area (Å²) in [5.74, 6) is 0.0795. The van der Waals surface area contributed by atoms with Gasteiger partial charge in [-0.1, -0.05) is 17.8 Å². The van der Waals surface area contributed by atoms with Crippen molar-refractivity contribution in [2.45, 2.75) is 23.8 Å². The van der Waals surface area contributed by atoms with Crippen LogP contribution in [0, 0.1) is 5.95 Å². The first kappa shape index (κ1) is 18.4. The van der Waals surface area contributed by atoms with Crippen LogP contribution in [0.3, 0.4) is 0 Å². The van der Waals surface area contributed by atoms with E-state index in [9.17, 15) is 4.39 Å². The highest BCUT2D eigenvalue weighted by atomic mass is 32.5. The number of halogens is 1. The number of hydrogen-bond acceptors (Lipinski definition) is 6. The largest absolute Gasteiger partial charge is 0.424 e. The number of aromatic nitrogens is 1. The Kier molecular flexibility index (Phi) is 6.99. The fraction of sp³-hybridized carbons (Fsp3) is 0.267. The Balaban J connectivity index is 2.05. The van der Waals surface area contributed by atoms with Gasteiger partial charge in [-0.15, -0.1) is 0 Å². The van der Waals surface area contributed by atoms with Crippen molar-refractivity contribution in [1.82, 2.24) is 4.98 Å². The van der Waals surface area contributed by atoms with Crippen molar-refractivity contribution in [3.63, 3.8) is 0 Å². The molecule has 0 aliphatic heterocycles. The standard InChI is InChI=1S/C15H17FNO3PS2/c1-3-18-21(22,19-4-2)20-12-8-10-13(11-9-12)23-15-7-5-6-14(16)17-15/h5-11H,3-4H2,1-2H3. The second kappa shape index (κ2) is 8.76. The number of benzene rings is 1. The average molecular weight is 373 g/mol. The van der Waals surface area contributed by atoms with Crippen molar-refractivity contribution in [1.29, 1.82) is 0 Å². The molecule has 8 heteroatoms. The zero-order valence-corrected chi connectivity index (χ0v) is 15.3. The van der Waals surface area contributed by atoms with Crippen molar-refractivity contribution in [3.05, 3.63) is 48.4 Å². The van der Waals surface area contributed by atoms with E-state index >= 15 is 0 Å². The van der Waals surface area contributed by atoms with E-state index in [2.05, 4.69) is 4.98 Å².